The summed E-state index contributed by atoms with van der Waals surface area (Å²) in [7, 11) is 4.34. The Labute approximate surface area is 169 Å². The largest absolute Gasteiger partial charge is 0.497 e. The number of hydrogen-bond donors (Lipinski definition) is 0. The molecule has 1 aliphatic heterocycles. The highest BCUT2D eigenvalue weighted by atomic mass is 127. The van der Waals surface area contributed by atoms with Gasteiger partial charge in [-0.15, -0.1) is 9.24 Å². The quantitative estimate of drug-likeness (QED) is 0.484. The summed E-state index contributed by atoms with van der Waals surface area (Å²) in [6, 6.07) is 9.48. The van der Waals surface area contributed by atoms with E-state index in [2.05, 4.69) is 31.8 Å². The van der Waals surface area contributed by atoms with Crippen LogP contribution in [0.5, 0.6) is 5.75 Å². The number of ether oxygens (including phenoxy) is 1. The third kappa shape index (κ3) is 3.96. The van der Waals surface area contributed by atoms with Crippen LogP contribution in [-0.4, -0.2) is 29.8 Å². The topological polar surface area (TPSA) is 51.5 Å². The average Bonchev–Trinajstić information content (AvgIpc) is 2.97. The van der Waals surface area contributed by atoms with Gasteiger partial charge >= 0.3 is 0 Å². The van der Waals surface area contributed by atoms with Crippen molar-refractivity contribution in [3.8, 4) is 5.75 Å². The van der Waals surface area contributed by atoms with Crippen LogP contribution >= 0.6 is 31.8 Å². The Bertz CT molecular complexity index is 881. The van der Waals surface area contributed by atoms with E-state index in [1.165, 1.54) is 0 Å². The molecule has 0 radical (unpaired) electrons. The van der Waals surface area contributed by atoms with E-state index in [0.717, 1.165) is 14.9 Å². The number of anilines is 1. The molecule has 1 aromatic heterocycles. The summed E-state index contributed by atoms with van der Waals surface area (Å²) in [5.41, 5.74) is 1.76. The molecule has 138 valence electrons. The Morgan fingerprint density at radius 2 is 2.12 bits per heavy atom. The first kappa shape index (κ1) is 19.4. The third-order valence-corrected chi connectivity index (χ3v) is 5.69. The molecule has 1 saturated heterocycles. The highest BCUT2D eigenvalue weighted by Crippen LogP contribution is 2.34. The smallest absolute Gasteiger partial charge is 0.274 e. The molecular weight excluding hydrogens is 462 g/mol. The molecule has 0 N–H and O–H groups in total. The fourth-order valence-electron chi connectivity index (χ4n) is 3.30. The number of rotatable bonds is 5. The molecule has 3 rings (SSSR count). The molecule has 0 aliphatic carbocycles. The van der Waals surface area contributed by atoms with Crippen molar-refractivity contribution >= 4 is 43.4 Å². The van der Waals surface area contributed by atoms with Crippen LogP contribution in [0.2, 0.25) is 0 Å². The van der Waals surface area contributed by atoms with Crippen LogP contribution in [-0.2, 0) is 11.3 Å². The minimum Gasteiger partial charge on any atom is -0.497 e. The van der Waals surface area contributed by atoms with Crippen molar-refractivity contribution < 1.29 is 9.53 Å². The molecule has 1 aliphatic rings. The van der Waals surface area contributed by atoms with Crippen LogP contribution in [0.1, 0.15) is 24.8 Å². The fourth-order valence-corrected chi connectivity index (χ4v) is 4.45. The van der Waals surface area contributed by atoms with Gasteiger partial charge in [-0.25, -0.2) is 0 Å². The summed E-state index contributed by atoms with van der Waals surface area (Å²) < 4.78 is 8.00. The second-order valence-corrected chi connectivity index (χ2v) is 8.92. The van der Waals surface area contributed by atoms with Gasteiger partial charge in [-0.2, -0.15) is 0 Å². The van der Waals surface area contributed by atoms with Crippen LogP contribution in [0.15, 0.2) is 41.3 Å². The molecule has 2 aromatic rings. The Morgan fingerprint density at radius 1 is 1.35 bits per heavy atom. The molecular formula is C19H22IN2O3P. The second kappa shape index (κ2) is 8.09. The predicted molar refractivity (Wildman–Crippen MR) is 115 cm³/mol. The lowest BCUT2D eigenvalue weighted by Gasteiger charge is -2.18. The summed E-state index contributed by atoms with van der Waals surface area (Å²) in [6.45, 7) is 3.17. The van der Waals surface area contributed by atoms with Gasteiger partial charge in [0.1, 0.15) is 11.4 Å². The molecule has 1 amide bonds. The number of benzene rings is 1. The minimum atomic E-state index is -0.111. The number of methoxy groups -OCH3 is 1. The van der Waals surface area contributed by atoms with Crippen LogP contribution in [0, 0.1) is 3.57 Å². The standard InChI is InChI=1S/C19H22IN2O3P/c1-12(26)10-21-7-3-4-17(19(21)24)22-11-13(8-18(22)23)15-6-5-14(25-2)9-16(15)20/h3-7,9,12-13H,8,10-11,26H2,1-2H3/t12?,13-/m0/s1. The number of nitrogens with zero attached hydrogens (tertiary/aromatic N) is 2. The summed E-state index contributed by atoms with van der Waals surface area (Å²) >= 11 is 2.28. The predicted octanol–water partition coefficient (Wildman–Crippen LogP) is 3.25. The zero-order valence-corrected chi connectivity index (χ0v) is 18.1. The number of carbonyl (C=O) groups is 1. The Balaban J connectivity index is 1.88. The second-order valence-electron chi connectivity index (χ2n) is 6.62. The molecule has 0 spiro atoms. The first-order valence-electron chi connectivity index (χ1n) is 8.49. The maximum atomic E-state index is 12.8. The normalized spacial score (nSPS) is 18.2. The van der Waals surface area contributed by atoms with Crippen LogP contribution in [0.3, 0.4) is 0 Å². The van der Waals surface area contributed by atoms with Crippen LogP contribution < -0.4 is 15.2 Å². The van der Waals surface area contributed by atoms with Gasteiger partial charge in [-0.1, -0.05) is 13.0 Å². The van der Waals surface area contributed by atoms with Gasteiger partial charge in [0.2, 0.25) is 5.91 Å². The summed E-state index contributed by atoms with van der Waals surface area (Å²) in [6.07, 6.45) is 2.19. The Kier molecular flexibility index (Phi) is 6.03. The van der Waals surface area contributed by atoms with Gasteiger partial charge in [0.15, 0.2) is 0 Å². The van der Waals surface area contributed by atoms with Crippen molar-refractivity contribution in [2.24, 2.45) is 0 Å². The van der Waals surface area contributed by atoms with Crippen molar-refractivity contribution in [3.05, 3.63) is 56.0 Å². The highest BCUT2D eigenvalue weighted by Gasteiger charge is 2.34. The van der Waals surface area contributed by atoms with E-state index in [9.17, 15) is 9.59 Å². The minimum absolute atomic E-state index is 0.00427. The van der Waals surface area contributed by atoms with E-state index in [1.807, 2.05) is 31.2 Å². The molecule has 7 heteroatoms. The van der Waals surface area contributed by atoms with Gasteiger partial charge in [0.05, 0.1) is 7.11 Å². The van der Waals surface area contributed by atoms with Crippen molar-refractivity contribution in [3.63, 3.8) is 0 Å². The highest BCUT2D eigenvalue weighted by molar-refractivity contribution is 14.1. The van der Waals surface area contributed by atoms with Crippen molar-refractivity contribution in [2.45, 2.75) is 31.5 Å². The molecule has 1 aromatic carbocycles. The fraction of sp³-hybridized carbons (Fsp3) is 0.368. The van der Waals surface area contributed by atoms with Gasteiger partial charge in [0.25, 0.3) is 5.56 Å². The Morgan fingerprint density at radius 3 is 2.77 bits per heavy atom. The lowest BCUT2D eigenvalue weighted by molar-refractivity contribution is -0.117. The summed E-state index contributed by atoms with van der Waals surface area (Å²) in [5.74, 6) is 0.876. The Hall–Kier alpha value is -1.40. The average molecular weight is 484 g/mol. The number of amides is 1. The van der Waals surface area contributed by atoms with Gasteiger partial charge < -0.3 is 14.2 Å². The van der Waals surface area contributed by atoms with Crippen LogP contribution in [0.4, 0.5) is 5.69 Å². The molecule has 5 nitrogen and oxygen atoms in total. The lowest BCUT2D eigenvalue weighted by atomic mass is 9.98. The van der Waals surface area contributed by atoms with E-state index in [-0.39, 0.29) is 23.0 Å². The SMILES string of the molecule is COc1ccc([C@H]2CC(=O)N(c3cccn(CC(C)P)c3=O)C2)c(I)c1. The van der Waals surface area contributed by atoms with Crippen molar-refractivity contribution in [1.82, 2.24) is 4.57 Å². The molecule has 26 heavy (non-hydrogen) atoms. The van der Waals surface area contributed by atoms with Gasteiger partial charge in [-0.05, 0) is 58.1 Å². The van der Waals surface area contributed by atoms with Gasteiger partial charge in [0, 0.05) is 35.2 Å². The van der Waals surface area contributed by atoms with Crippen molar-refractivity contribution in [1.29, 1.82) is 0 Å². The number of hydrogen-bond acceptors (Lipinski definition) is 3. The van der Waals surface area contributed by atoms with E-state index >= 15 is 0 Å². The molecule has 0 bridgehead atoms. The zero-order valence-electron chi connectivity index (χ0n) is 14.8. The summed E-state index contributed by atoms with van der Waals surface area (Å²) in [5, 5.41) is 0. The van der Waals surface area contributed by atoms with Crippen molar-refractivity contribution in [2.75, 3.05) is 18.6 Å². The van der Waals surface area contributed by atoms with Gasteiger partial charge in [-0.3, -0.25) is 9.59 Å². The summed E-state index contributed by atoms with van der Waals surface area (Å²) in [4.78, 5) is 27.0. The van der Waals surface area contributed by atoms with E-state index in [1.54, 1.807) is 28.8 Å². The van der Waals surface area contributed by atoms with E-state index in [0.29, 0.717) is 25.2 Å². The van der Waals surface area contributed by atoms with Crippen LogP contribution in [0.25, 0.3) is 0 Å². The van der Waals surface area contributed by atoms with E-state index in [4.69, 9.17) is 4.74 Å². The first-order chi connectivity index (χ1) is 12.4. The number of carbonyl (C=O) groups excluding carboxylic acids is 1. The molecule has 2 heterocycles. The number of aromatic nitrogens is 1. The number of halogens is 1. The molecule has 3 atom stereocenters. The number of pyridine rings is 1. The molecule has 1 fully saturated rings. The molecule has 2 unspecified atom stereocenters. The maximum absolute atomic E-state index is 12.8. The zero-order chi connectivity index (χ0) is 18.8. The molecule has 0 saturated carbocycles. The van der Waals surface area contributed by atoms with E-state index < -0.39 is 0 Å². The first-order valence-corrected chi connectivity index (χ1v) is 10.2. The monoisotopic (exact) mass is 484 g/mol. The third-order valence-electron chi connectivity index (χ3n) is 4.55. The maximum Gasteiger partial charge on any atom is 0.274 e. The lowest BCUT2D eigenvalue weighted by Crippen LogP contribution is -2.33.